The van der Waals surface area contributed by atoms with Gasteiger partial charge >= 0.3 is 6.18 Å². The highest BCUT2D eigenvalue weighted by Crippen LogP contribution is 2.41. The summed E-state index contributed by atoms with van der Waals surface area (Å²) in [7, 11) is 0. The zero-order valence-electron chi connectivity index (χ0n) is 24.3. The molecule has 38 heavy (non-hydrogen) atoms. The van der Waals surface area contributed by atoms with Crippen LogP contribution in [-0.2, 0) is 19.3 Å². The lowest BCUT2D eigenvalue weighted by Crippen LogP contribution is -2.39. The highest BCUT2D eigenvalue weighted by atomic mass is 19.4. The van der Waals surface area contributed by atoms with Crippen LogP contribution < -0.4 is 0 Å². The van der Waals surface area contributed by atoms with Crippen LogP contribution in [0, 0.1) is 10.8 Å². The maximum absolute atomic E-state index is 13.2. The maximum atomic E-state index is 13.2. The van der Waals surface area contributed by atoms with Crippen molar-refractivity contribution < 1.29 is 13.2 Å². The fourth-order valence-corrected chi connectivity index (χ4v) is 6.51. The monoisotopic (exact) mass is 528 g/mol. The third kappa shape index (κ3) is 7.41. The van der Waals surface area contributed by atoms with Crippen molar-refractivity contribution in [3.8, 4) is 0 Å². The van der Waals surface area contributed by atoms with E-state index in [9.17, 15) is 13.2 Å². The second kappa shape index (κ2) is 11.3. The number of hydrogen-bond donors (Lipinski definition) is 0. The highest BCUT2D eigenvalue weighted by molar-refractivity contribution is 5.37. The SMILES string of the molecule is CC(C)(C)C1CN(CCCc2ccc3c(c2)CCN(CC(F)(F)F)CC3C(C)(C)C)CCc2ccccc21. The molecule has 0 saturated heterocycles. The van der Waals surface area contributed by atoms with Crippen molar-refractivity contribution in [3.63, 3.8) is 0 Å². The minimum Gasteiger partial charge on any atom is -0.302 e. The minimum atomic E-state index is -4.16. The summed E-state index contributed by atoms with van der Waals surface area (Å²) in [5, 5.41) is 0. The van der Waals surface area contributed by atoms with Gasteiger partial charge in [-0.05, 0) is 70.9 Å². The predicted molar refractivity (Wildman–Crippen MR) is 152 cm³/mol. The van der Waals surface area contributed by atoms with Crippen molar-refractivity contribution in [3.05, 3.63) is 70.3 Å². The van der Waals surface area contributed by atoms with E-state index < -0.39 is 12.7 Å². The van der Waals surface area contributed by atoms with Crippen LogP contribution in [0.2, 0.25) is 0 Å². The Labute approximate surface area is 228 Å². The molecule has 0 bridgehead atoms. The Hall–Kier alpha value is -1.85. The quantitative estimate of drug-likeness (QED) is 0.390. The van der Waals surface area contributed by atoms with E-state index in [-0.39, 0.29) is 16.7 Å². The zero-order chi connectivity index (χ0) is 27.7. The van der Waals surface area contributed by atoms with Gasteiger partial charge < -0.3 is 4.90 Å². The van der Waals surface area contributed by atoms with E-state index in [0.29, 0.717) is 25.4 Å². The molecule has 2 aromatic rings. The summed E-state index contributed by atoms with van der Waals surface area (Å²) in [4.78, 5) is 4.25. The van der Waals surface area contributed by atoms with E-state index in [1.807, 2.05) is 0 Å². The summed E-state index contributed by atoms with van der Waals surface area (Å²) in [6, 6.07) is 15.7. The Bertz CT molecular complexity index is 1080. The molecular formula is C33H47F3N2. The van der Waals surface area contributed by atoms with E-state index >= 15 is 0 Å². The van der Waals surface area contributed by atoms with Crippen LogP contribution in [0.5, 0.6) is 0 Å². The number of halogens is 3. The molecule has 2 unspecified atom stereocenters. The molecule has 0 spiro atoms. The van der Waals surface area contributed by atoms with Gasteiger partial charge in [0, 0.05) is 38.0 Å². The average molecular weight is 529 g/mol. The van der Waals surface area contributed by atoms with Gasteiger partial charge in [-0.3, -0.25) is 4.90 Å². The van der Waals surface area contributed by atoms with Crippen molar-refractivity contribution in [1.29, 1.82) is 0 Å². The first-order valence-corrected chi connectivity index (χ1v) is 14.4. The summed E-state index contributed by atoms with van der Waals surface area (Å²) < 4.78 is 39.7. The Morgan fingerprint density at radius 2 is 1.32 bits per heavy atom. The minimum absolute atomic E-state index is 0.0875. The van der Waals surface area contributed by atoms with Crippen molar-refractivity contribution >= 4 is 0 Å². The molecule has 5 heteroatoms. The normalized spacial score (nSPS) is 21.9. The lowest BCUT2D eigenvalue weighted by atomic mass is 9.74. The molecule has 2 nitrogen and oxygen atoms in total. The number of nitrogens with zero attached hydrogens (tertiary/aromatic N) is 2. The largest absolute Gasteiger partial charge is 0.401 e. The van der Waals surface area contributed by atoms with Gasteiger partial charge in [-0.15, -0.1) is 0 Å². The van der Waals surface area contributed by atoms with Gasteiger partial charge in [0.1, 0.15) is 0 Å². The van der Waals surface area contributed by atoms with Crippen LogP contribution in [0.15, 0.2) is 42.5 Å². The molecular weight excluding hydrogens is 481 g/mol. The summed E-state index contributed by atoms with van der Waals surface area (Å²) in [6.45, 7) is 16.9. The Morgan fingerprint density at radius 1 is 0.737 bits per heavy atom. The van der Waals surface area contributed by atoms with E-state index in [2.05, 4.69) is 88.9 Å². The number of hydrogen-bond acceptors (Lipinski definition) is 2. The molecule has 0 saturated carbocycles. The molecule has 210 valence electrons. The summed E-state index contributed by atoms with van der Waals surface area (Å²) in [5.41, 5.74) is 6.91. The highest BCUT2D eigenvalue weighted by Gasteiger charge is 2.37. The first kappa shape index (κ1) is 29.1. The molecule has 2 aliphatic rings. The van der Waals surface area contributed by atoms with Gasteiger partial charge in [-0.2, -0.15) is 13.2 Å². The lowest BCUT2D eigenvalue weighted by Gasteiger charge is -2.35. The summed E-state index contributed by atoms with van der Waals surface area (Å²) in [5.74, 6) is 0.604. The van der Waals surface area contributed by atoms with Crippen LogP contribution in [0.1, 0.15) is 87.6 Å². The molecule has 2 aromatic carbocycles. The molecule has 0 radical (unpaired) electrons. The van der Waals surface area contributed by atoms with Crippen molar-refractivity contribution in [2.24, 2.45) is 10.8 Å². The van der Waals surface area contributed by atoms with Crippen molar-refractivity contribution in [2.75, 3.05) is 39.3 Å². The van der Waals surface area contributed by atoms with Crippen LogP contribution in [0.25, 0.3) is 0 Å². The van der Waals surface area contributed by atoms with Gasteiger partial charge in [-0.25, -0.2) is 0 Å². The molecule has 2 atom stereocenters. The fraction of sp³-hybridized carbons (Fsp3) is 0.636. The number of alkyl halides is 3. The molecule has 0 aliphatic carbocycles. The number of benzene rings is 2. The second-order valence-electron chi connectivity index (χ2n) is 13.8. The number of aryl methyl sites for hydroxylation is 1. The van der Waals surface area contributed by atoms with Crippen LogP contribution >= 0.6 is 0 Å². The first-order valence-electron chi connectivity index (χ1n) is 14.4. The smallest absolute Gasteiger partial charge is 0.302 e. The average Bonchev–Trinajstić information content (AvgIpc) is 3.10. The molecule has 0 aromatic heterocycles. The van der Waals surface area contributed by atoms with Crippen LogP contribution in [0.4, 0.5) is 13.2 Å². The number of rotatable bonds is 5. The van der Waals surface area contributed by atoms with Crippen LogP contribution in [-0.4, -0.2) is 55.2 Å². The third-order valence-corrected chi connectivity index (χ3v) is 8.72. The van der Waals surface area contributed by atoms with Gasteiger partial charge in [-0.1, -0.05) is 84.0 Å². The van der Waals surface area contributed by atoms with Crippen molar-refractivity contribution in [2.45, 2.75) is 85.2 Å². The van der Waals surface area contributed by atoms with Gasteiger partial charge in [0.2, 0.25) is 0 Å². The third-order valence-electron chi connectivity index (χ3n) is 8.72. The predicted octanol–water partition coefficient (Wildman–Crippen LogP) is 7.86. The zero-order valence-corrected chi connectivity index (χ0v) is 24.3. The number of fused-ring (bicyclic) bond motifs is 2. The van der Waals surface area contributed by atoms with E-state index in [4.69, 9.17) is 0 Å². The fourth-order valence-electron chi connectivity index (χ4n) is 6.51. The van der Waals surface area contributed by atoms with E-state index in [0.717, 1.165) is 38.9 Å². The molecule has 2 heterocycles. The van der Waals surface area contributed by atoms with E-state index in [1.165, 1.54) is 27.8 Å². The molecule has 0 amide bonds. The summed E-state index contributed by atoms with van der Waals surface area (Å²) >= 11 is 0. The Kier molecular flexibility index (Phi) is 8.69. The Morgan fingerprint density at radius 3 is 1.97 bits per heavy atom. The Balaban J connectivity index is 1.43. The standard InChI is InChI=1S/C33H47F3N2/c1-31(2,3)29-21-37(18-15-25-11-7-8-12-27(25)29)17-9-10-24-13-14-28-26(20-24)16-19-38(23-33(34,35)36)22-30(28)32(4,5)6/h7-8,11-14,20,29-30H,9-10,15-19,21-23H2,1-6H3. The lowest BCUT2D eigenvalue weighted by molar-refractivity contribution is -0.146. The van der Waals surface area contributed by atoms with Gasteiger partial charge in [0.05, 0.1) is 6.54 Å². The van der Waals surface area contributed by atoms with Gasteiger partial charge in [0.25, 0.3) is 0 Å². The molecule has 0 fully saturated rings. The molecule has 2 aliphatic heterocycles. The molecule has 0 N–H and O–H groups in total. The molecule has 4 rings (SSSR count). The van der Waals surface area contributed by atoms with Gasteiger partial charge in [0.15, 0.2) is 0 Å². The van der Waals surface area contributed by atoms with E-state index in [1.54, 1.807) is 4.90 Å². The van der Waals surface area contributed by atoms with Crippen LogP contribution in [0.3, 0.4) is 0 Å². The van der Waals surface area contributed by atoms with Crippen molar-refractivity contribution in [1.82, 2.24) is 9.80 Å². The maximum Gasteiger partial charge on any atom is 0.401 e. The topological polar surface area (TPSA) is 6.48 Å². The first-order chi connectivity index (χ1) is 17.7. The second-order valence-corrected chi connectivity index (χ2v) is 13.8. The summed E-state index contributed by atoms with van der Waals surface area (Å²) in [6.07, 6.45) is -0.281.